The van der Waals surface area contributed by atoms with E-state index in [0.29, 0.717) is 40.8 Å². The molecule has 1 fully saturated rings. The zero-order valence-corrected chi connectivity index (χ0v) is 15.0. The van der Waals surface area contributed by atoms with E-state index in [2.05, 4.69) is 11.8 Å². The topological polar surface area (TPSA) is 35.5 Å². The van der Waals surface area contributed by atoms with Crippen LogP contribution in [0.5, 0.6) is 5.75 Å². The van der Waals surface area contributed by atoms with E-state index >= 15 is 0 Å². The van der Waals surface area contributed by atoms with Crippen molar-refractivity contribution in [1.82, 2.24) is 0 Å². The summed E-state index contributed by atoms with van der Waals surface area (Å²) in [5.41, 5.74) is 2.15. The minimum atomic E-state index is -0.250. The average molecular weight is 365 g/mol. The van der Waals surface area contributed by atoms with Gasteiger partial charge in [-0.1, -0.05) is 35.0 Å². The molecular weight excluding hydrogens is 347 g/mol. The number of rotatable bonds is 2. The number of halogens is 2. The smallest absolute Gasteiger partial charge is 0.199 e. The highest BCUT2D eigenvalue weighted by Gasteiger charge is 2.18. The maximum absolute atomic E-state index is 11.6. The van der Waals surface area contributed by atoms with Crippen LogP contribution in [-0.4, -0.2) is 18.7 Å². The number of Topliss-reactive ketones (excluding diaryl/α,β-unsaturated/α-hetero) is 1. The predicted octanol–water partition coefficient (Wildman–Crippen LogP) is 4.93. The van der Waals surface area contributed by atoms with Crippen LogP contribution in [0.3, 0.4) is 0 Å². The van der Waals surface area contributed by atoms with Gasteiger partial charge in [0.15, 0.2) is 12.1 Å². The summed E-state index contributed by atoms with van der Waals surface area (Å²) in [6, 6.07) is 3.41. The van der Waals surface area contributed by atoms with Crippen molar-refractivity contribution >= 4 is 29.0 Å². The standard InChI is InChI=1S/C19H18Cl2O3/c1-12-13(6-8-18(12)22)5-7-15-16(20)10-14(11-17(15)21)24-19-4-2-3-9-23-19/h10-11,19H,2-4,6,8-9H2,1H3. The third kappa shape index (κ3) is 3.95. The van der Waals surface area contributed by atoms with Crippen molar-refractivity contribution in [2.45, 2.75) is 45.3 Å². The summed E-state index contributed by atoms with van der Waals surface area (Å²) < 4.78 is 11.3. The average Bonchev–Trinajstić information content (AvgIpc) is 2.87. The molecule has 5 heteroatoms. The van der Waals surface area contributed by atoms with Crippen LogP contribution in [0.2, 0.25) is 10.0 Å². The number of carbonyl (C=O) groups is 1. The third-order valence-electron chi connectivity index (χ3n) is 4.23. The second-order valence-corrected chi connectivity index (χ2v) is 6.77. The van der Waals surface area contributed by atoms with Crippen LogP contribution in [0, 0.1) is 11.8 Å². The molecule has 1 atom stereocenters. The Kier molecular flexibility index (Phi) is 5.50. The fourth-order valence-corrected chi connectivity index (χ4v) is 3.33. The van der Waals surface area contributed by atoms with Crippen LogP contribution in [0.25, 0.3) is 0 Å². The van der Waals surface area contributed by atoms with Crippen molar-refractivity contribution in [1.29, 1.82) is 0 Å². The van der Waals surface area contributed by atoms with E-state index in [1.165, 1.54) is 0 Å². The molecule has 1 aromatic carbocycles. The van der Waals surface area contributed by atoms with E-state index in [-0.39, 0.29) is 12.1 Å². The fourth-order valence-electron chi connectivity index (χ4n) is 2.77. The number of ether oxygens (including phenoxy) is 2. The Labute approximate surface area is 151 Å². The number of ketones is 1. The molecule has 0 amide bonds. The first-order valence-electron chi connectivity index (χ1n) is 8.07. The lowest BCUT2D eigenvalue weighted by Crippen LogP contribution is -2.24. The lowest BCUT2D eigenvalue weighted by Gasteiger charge is -2.23. The molecule has 126 valence electrons. The van der Waals surface area contributed by atoms with Crippen LogP contribution in [0.15, 0.2) is 23.3 Å². The van der Waals surface area contributed by atoms with E-state index in [0.717, 1.165) is 30.4 Å². The number of allylic oxidation sites excluding steroid dienone is 2. The van der Waals surface area contributed by atoms with Crippen LogP contribution >= 0.6 is 23.2 Å². The first-order valence-corrected chi connectivity index (χ1v) is 8.82. The number of hydrogen-bond acceptors (Lipinski definition) is 3. The van der Waals surface area contributed by atoms with Gasteiger partial charge in [-0.25, -0.2) is 0 Å². The Morgan fingerprint density at radius 2 is 1.92 bits per heavy atom. The van der Waals surface area contributed by atoms with Crippen LogP contribution in [0.4, 0.5) is 0 Å². The molecule has 0 saturated carbocycles. The minimum Gasteiger partial charge on any atom is -0.465 e. The molecule has 0 bridgehead atoms. The Balaban J connectivity index is 1.79. The van der Waals surface area contributed by atoms with Gasteiger partial charge in [0.25, 0.3) is 0 Å². The lowest BCUT2D eigenvalue weighted by molar-refractivity contribution is -0.114. The third-order valence-corrected chi connectivity index (χ3v) is 4.83. The van der Waals surface area contributed by atoms with E-state index in [9.17, 15) is 4.79 Å². The molecular formula is C19H18Cl2O3. The Bertz CT molecular complexity index is 727. The van der Waals surface area contributed by atoms with Crippen molar-refractivity contribution in [3.63, 3.8) is 0 Å². The van der Waals surface area contributed by atoms with Gasteiger partial charge in [0.2, 0.25) is 0 Å². The summed E-state index contributed by atoms with van der Waals surface area (Å²) in [6.07, 6.45) is 3.98. The van der Waals surface area contributed by atoms with Gasteiger partial charge in [0.1, 0.15) is 5.75 Å². The summed E-state index contributed by atoms with van der Waals surface area (Å²) in [4.78, 5) is 11.6. The molecule has 0 radical (unpaired) electrons. The molecule has 1 unspecified atom stereocenters. The molecule has 1 heterocycles. The predicted molar refractivity (Wildman–Crippen MR) is 94.5 cm³/mol. The highest BCUT2D eigenvalue weighted by molar-refractivity contribution is 6.36. The Morgan fingerprint density at radius 1 is 1.17 bits per heavy atom. The summed E-state index contributed by atoms with van der Waals surface area (Å²) in [7, 11) is 0. The zero-order valence-electron chi connectivity index (χ0n) is 13.5. The van der Waals surface area contributed by atoms with Gasteiger partial charge in [-0.15, -0.1) is 0 Å². The SMILES string of the molecule is CC1=C(C#Cc2c(Cl)cc(OC3CCCCO3)cc2Cl)CCC1=O. The summed E-state index contributed by atoms with van der Waals surface area (Å²) >= 11 is 12.6. The van der Waals surface area contributed by atoms with Gasteiger partial charge < -0.3 is 9.47 Å². The monoisotopic (exact) mass is 364 g/mol. The quantitative estimate of drug-likeness (QED) is 0.697. The van der Waals surface area contributed by atoms with E-state index < -0.39 is 0 Å². The van der Waals surface area contributed by atoms with Gasteiger partial charge >= 0.3 is 0 Å². The molecule has 3 rings (SSSR count). The van der Waals surface area contributed by atoms with Crippen LogP contribution in [-0.2, 0) is 9.53 Å². The van der Waals surface area contributed by atoms with Crippen molar-refractivity contribution in [3.8, 4) is 17.6 Å². The van der Waals surface area contributed by atoms with E-state index in [4.69, 9.17) is 32.7 Å². The molecule has 1 aliphatic carbocycles. The first kappa shape index (κ1) is 17.4. The first-order chi connectivity index (χ1) is 11.5. The Morgan fingerprint density at radius 3 is 2.50 bits per heavy atom. The Hall–Kier alpha value is -1.47. The van der Waals surface area contributed by atoms with Gasteiger partial charge in [0, 0.05) is 36.1 Å². The van der Waals surface area contributed by atoms with Gasteiger partial charge in [-0.2, -0.15) is 0 Å². The fraction of sp³-hybridized carbons (Fsp3) is 0.421. The summed E-state index contributed by atoms with van der Waals surface area (Å²) in [5.74, 6) is 6.77. The van der Waals surface area contributed by atoms with E-state index in [1.54, 1.807) is 12.1 Å². The maximum Gasteiger partial charge on any atom is 0.199 e. The summed E-state index contributed by atoms with van der Waals surface area (Å²) in [5, 5.41) is 0.867. The highest BCUT2D eigenvalue weighted by atomic mass is 35.5. The van der Waals surface area contributed by atoms with Gasteiger partial charge in [-0.3, -0.25) is 4.79 Å². The molecule has 1 aromatic rings. The molecule has 24 heavy (non-hydrogen) atoms. The molecule has 0 spiro atoms. The molecule has 0 N–H and O–H groups in total. The van der Waals surface area contributed by atoms with Crippen molar-refractivity contribution in [3.05, 3.63) is 38.9 Å². The largest absolute Gasteiger partial charge is 0.465 e. The highest BCUT2D eigenvalue weighted by Crippen LogP contribution is 2.31. The molecule has 1 aliphatic heterocycles. The van der Waals surface area contributed by atoms with Crippen LogP contribution in [0.1, 0.15) is 44.6 Å². The lowest BCUT2D eigenvalue weighted by atomic mass is 10.1. The molecule has 2 aliphatic rings. The normalized spacial score (nSPS) is 20.8. The van der Waals surface area contributed by atoms with Crippen LogP contribution < -0.4 is 4.74 Å². The second kappa shape index (κ2) is 7.61. The molecule has 3 nitrogen and oxygen atoms in total. The van der Waals surface area contributed by atoms with Crippen molar-refractivity contribution in [2.24, 2.45) is 0 Å². The number of hydrogen-bond donors (Lipinski definition) is 0. The van der Waals surface area contributed by atoms with Crippen molar-refractivity contribution < 1.29 is 14.3 Å². The minimum absolute atomic E-state index is 0.160. The summed E-state index contributed by atoms with van der Waals surface area (Å²) in [6.45, 7) is 2.52. The molecule has 0 aromatic heterocycles. The number of benzene rings is 1. The second-order valence-electron chi connectivity index (χ2n) is 5.95. The van der Waals surface area contributed by atoms with Gasteiger partial charge in [-0.05, 0) is 26.2 Å². The van der Waals surface area contributed by atoms with Gasteiger partial charge in [0.05, 0.1) is 22.2 Å². The maximum atomic E-state index is 11.6. The zero-order chi connectivity index (χ0) is 17.1. The van der Waals surface area contributed by atoms with E-state index in [1.807, 2.05) is 6.92 Å². The molecule has 1 saturated heterocycles. The van der Waals surface area contributed by atoms with Crippen molar-refractivity contribution in [2.75, 3.05) is 6.61 Å². The number of carbonyl (C=O) groups excluding carboxylic acids is 1.